The number of aromatic nitrogens is 2. The molecule has 152 valence electrons. The lowest BCUT2D eigenvalue weighted by atomic mass is 10.3. The minimum Gasteiger partial charge on any atom is -0.486 e. The number of hydrogen-bond donors (Lipinski definition) is 1. The Labute approximate surface area is 177 Å². The smallest absolute Gasteiger partial charge is 0.237 e. The van der Waals surface area contributed by atoms with Crippen molar-refractivity contribution in [3.05, 3.63) is 63.7 Å². The zero-order chi connectivity index (χ0) is 20.5. The number of thiazole rings is 1. The molecule has 1 aromatic carbocycles. The molecule has 0 unspecified atom stereocenters. The SMILES string of the molecule is COCCOc1ncccc1NC(=O)Cc1csc(COc2ccc(Cl)cc2)n1. The minimum atomic E-state index is -0.204. The van der Waals surface area contributed by atoms with E-state index in [1.807, 2.05) is 5.38 Å². The molecule has 0 saturated heterocycles. The Morgan fingerprint density at radius 1 is 1.17 bits per heavy atom. The van der Waals surface area contributed by atoms with Gasteiger partial charge in [-0.25, -0.2) is 9.97 Å². The molecule has 2 aromatic heterocycles. The third-order valence-corrected chi connectivity index (χ3v) is 4.81. The molecule has 7 nitrogen and oxygen atoms in total. The maximum Gasteiger partial charge on any atom is 0.237 e. The van der Waals surface area contributed by atoms with E-state index in [2.05, 4.69) is 15.3 Å². The van der Waals surface area contributed by atoms with Gasteiger partial charge in [-0.2, -0.15) is 0 Å². The van der Waals surface area contributed by atoms with E-state index in [9.17, 15) is 4.79 Å². The van der Waals surface area contributed by atoms with Crippen LogP contribution in [0.15, 0.2) is 48.0 Å². The number of carbonyl (C=O) groups excluding carboxylic acids is 1. The highest BCUT2D eigenvalue weighted by atomic mass is 35.5. The van der Waals surface area contributed by atoms with Gasteiger partial charge in [-0.3, -0.25) is 4.79 Å². The molecule has 0 aliphatic carbocycles. The lowest BCUT2D eigenvalue weighted by Crippen LogP contribution is -2.16. The summed E-state index contributed by atoms with van der Waals surface area (Å²) < 4.78 is 16.2. The number of ether oxygens (including phenoxy) is 3. The molecular weight excluding hydrogens is 414 g/mol. The lowest BCUT2D eigenvalue weighted by molar-refractivity contribution is -0.115. The van der Waals surface area contributed by atoms with Crippen LogP contribution in [0.25, 0.3) is 0 Å². The third kappa shape index (κ3) is 6.70. The molecule has 0 aliphatic heterocycles. The summed E-state index contributed by atoms with van der Waals surface area (Å²) >= 11 is 7.30. The summed E-state index contributed by atoms with van der Waals surface area (Å²) in [6.07, 6.45) is 1.75. The van der Waals surface area contributed by atoms with Crippen LogP contribution in [-0.4, -0.2) is 36.2 Å². The standard InChI is InChI=1S/C20H20ClN3O4S/c1-26-9-10-27-20-17(3-2-8-22-20)24-18(25)11-15-13-29-19(23-15)12-28-16-6-4-14(21)5-7-16/h2-8,13H,9-12H2,1H3,(H,24,25). The molecule has 0 aliphatic rings. The van der Waals surface area contributed by atoms with Crippen LogP contribution in [-0.2, 0) is 22.6 Å². The molecule has 0 fully saturated rings. The molecule has 0 atom stereocenters. The maximum absolute atomic E-state index is 12.4. The molecule has 0 radical (unpaired) electrons. The summed E-state index contributed by atoms with van der Waals surface area (Å²) in [5.74, 6) is 0.861. The number of pyridine rings is 1. The maximum atomic E-state index is 12.4. The second-order valence-electron chi connectivity index (χ2n) is 5.90. The molecule has 9 heteroatoms. The molecule has 2 heterocycles. The molecule has 1 amide bonds. The van der Waals surface area contributed by atoms with Crippen molar-refractivity contribution in [3.8, 4) is 11.6 Å². The second kappa shape index (κ2) is 10.8. The summed E-state index contributed by atoms with van der Waals surface area (Å²) in [5.41, 5.74) is 1.18. The Kier molecular flexibility index (Phi) is 7.80. The number of rotatable bonds is 10. The average Bonchev–Trinajstić information content (AvgIpc) is 3.16. The van der Waals surface area contributed by atoms with E-state index in [4.69, 9.17) is 25.8 Å². The monoisotopic (exact) mass is 433 g/mol. The van der Waals surface area contributed by atoms with Gasteiger partial charge in [-0.1, -0.05) is 11.6 Å². The highest BCUT2D eigenvalue weighted by Crippen LogP contribution is 2.21. The van der Waals surface area contributed by atoms with Gasteiger partial charge in [0.1, 0.15) is 29.7 Å². The van der Waals surface area contributed by atoms with Crippen LogP contribution >= 0.6 is 22.9 Å². The zero-order valence-electron chi connectivity index (χ0n) is 15.8. The second-order valence-corrected chi connectivity index (χ2v) is 7.28. The number of nitrogens with zero attached hydrogens (tertiary/aromatic N) is 2. The number of methoxy groups -OCH3 is 1. The van der Waals surface area contributed by atoms with Gasteiger partial charge in [0.2, 0.25) is 11.8 Å². The first-order chi connectivity index (χ1) is 14.1. The van der Waals surface area contributed by atoms with E-state index < -0.39 is 0 Å². The van der Waals surface area contributed by atoms with Crippen molar-refractivity contribution < 1.29 is 19.0 Å². The Balaban J connectivity index is 1.52. The third-order valence-electron chi connectivity index (χ3n) is 3.69. The summed E-state index contributed by atoms with van der Waals surface area (Å²) in [5, 5.41) is 6.10. The van der Waals surface area contributed by atoms with Crippen LogP contribution in [0, 0.1) is 0 Å². The first kappa shape index (κ1) is 21.0. The van der Waals surface area contributed by atoms with Crippen molar-refractivity contribution >= 4 is 34.5 Å². The van der Waals surface area contributed by atoms with Crippen molar-refractivity contribution in [1.82, 2.24) is 9.97 Å². The number of hydrogen-bond acceptors (Lipinski definition) is 7. The van der Waals surface area contributed by atoms with Gasteiger partial charge in [0.15, 0.2) is 0 Å². The largest absolute Gasteiger partial charge is 0.486 e. The van der Waals surface area contributed by atoms with Gasteiger partial charge < -0.3 is 19.5 Å². The molecule has 3 aromatic rings. The van der Waals surface area contributed by atoms with E-state index in [1.54, 1.807) is 49.7 Å². The van der Waals surface area contributed by atoms with Crippen molar-refractivity contribution in [2.24, 2.45) is 0 Å². The van der Waals surface area contributed by atoms with Crippen LogP contribution in [0.3, 0.4) is 0 Å². The van der Waals surface area contributed by atoms with Crippen LogP contribution in [0.5, 0.6) is 11.6 Å². The predicted octanol–water partition coefficient (Wildman–Crippen LogP) is 3.98. The number of nitrogens with one attached hydrogen (secondary N) is 1. The van der Waals surface area contributed by atoms with Crippen molar-refractivity contribution in [3.63, 3.8) is 0 Å². The number of carbonyl (C=O) groups is 1. The van der Waals surface area contributed by atoms with Crippen LogP contribution in [0.1, 0.15) is 10.7 Å². The summed E-state index contributed by atoms with van der Waals surface area (Å²) in [4.78, 5) is 21.0. The first-order valence-electron chi connectivity index (χ1n) is 8.82. The Morgan fingerprint density at radius 2 is 2.00 bits per heavy atom. The van der Waals surface area contributed by atoms with Crippen molar-refractivity contribution in [2.45, 2.75) is 13.0 Å². The lowest BCUT2D eigenvalue weighted by Gasteiger charge is -2.10. The summed E-state index contributed by atoms with van der Waals surface area (Å²) in [6, 6.07) is 10.6. The van der Waals surface area contributed by atoms with Crippen LogP contribution in [0.4, 0.5) is 5.69 Å². The number of amides is 1. The topological polar surface area (TPSA) is 82.6 Å². The fourth-order valence-corrected chi connectivity index (χ4v) is 3.18. The van der Waals surface area contributed by atoms with Gasteiger partial charge in [-0.05, 0) is 36.4 Å². The average molecular weight is 434 g/mol. The van der Waals surface area contributed by atoms with Gasteiger partial charge in [-0.15, -0.1) is 11.3 Å². The molecule has 1 N–H and O–H groups in total. The van der Waals surface area contributed by atoms with Gasteiger partial charge in [0.25, 0.3) is 0 Å². The zero-order valence-corrected chi connectivity index (χ0v) is 17.3. The fourth-order valence-electron chi connectivity index (χ4n) is 2.35. The van der Waals surface area contributed by atoms with E-state index in [0.717, 1.165) is 5.01 Å². The highest BCUT2D eigenvalue weighted by Gasteiger charge is 2.12. The van der Waals surface area contributed by atoms with E-state index >= 15 is 0 Å². The van der Waals surface area contributed by atoms with Crippen LogP contribution < -0.4 is 14.8 Å². The quantitative estimate of drug-likeness (QED) is 0.487. The molecular formula is C20H20ClN3O4S. The Bertz CT molecular complexity index is 933. The number of anilines is 1. The molecule has 0 spiro atoms. The van der Waals surface area contributed by atoms with Crippen molar-refractivity contribution in [1.29, 1.82) is 0 Å². The van der Waals surface area contributed by atoms with Crippen LogP contribution in [0.2, 0.25) is 5.02 Å². The van der Waals surface area contributed by atoms with Gasteiger partial charge in [0.05, 0.1) is 18.7 Å². The molecule has 0 bridgehead atoms. The number of halogens is 1. The summed E-state index contributed by atoms with van der Waals surface area (Å²) in [6.45, 7) is 1.11. The normalized spacial score (nSPS) is 10.6. The molecule has 3 rings (SSSR count). The molecule has 0 saturated carbocycles. The minimum absolute atomic E-state index is 0.143. The van der Waals surface area contributed by atoms with Gasteiger partial charge >= 0.3 is 0 Å². The van der Waals surface area contributed by atoms with E-state index in [-0.39, 0.29) is 12.3 Å². The Morgan fingerprint density at radius 3 is 2.79 bits per heavy atom. The summed E-state index contributed by atoms with van der Waals surface area (Å²) in [7, 11) is 1.59. The fraction of sp³-hybridized carbons (Fsp3) is 0.250. The predicted molar refractivity (Wildman–Crippen MR) is 112 cm³/mol. The van der Waals surface area contributed by atoms with E-state index in [0.29, 0.717) is 47.9 Å². The van der Waals surface area contributed by atoms with Crippen molar-refractivity contribution in [2.75, 3.05) is 25.6 Å². The highest BCUT2D eigenvalue weighted by molar-refractivity contribution is 7.09. The Hall–Kier alpha value is -2.68. The first-order valence-corrected chi connectivity index (χ1v) is 10.1. The van der Waals surface area contributed by atoms with E-state index in [1.165, 1.54) is 11.3 Å². The number of benzene rings is 1. The molecule has 29 heavy (non-hydrogen) atoms. The van der Waals surface area contributed by atoms with Gasteiger partial charge in [0, 0.05) is 23.7 Å².